The number of hydrogen-bond acceptors (Lipinski definition) is 7. The van der Waals surface area contributed by atoms with Gasteiger partial charge in [0.25, 0.3) is 0 Å². The van der Waals surface area contributed by atoms with Gasteiger partial charge in [-0.1, -0.05) is 49.8 Å². The summed E-state index contributed by atoms with van der Waals surface area (Å²) < 4.78 is 19.2. The lowest BCUT2D eigenvalue weighted by Crippen LogP contribution is -2.60. The Balaban J connectivity index is 1.73. The summed E-state index contributed by atoms with van der Waals surface area (Å²) in [5.74, 6) is -1.94. The molecular formula is C31H46O7. The lowest BCUT2D eigenvalue weighted by molar-refractivity contribution is -0.332. The first-order valence-corrected chi connectivity index (χ1v) is 14.2. The minimum Gasteiger partial charge on any atom is -0.462 e. The van der Waals surface area contributed by atoms with Crippen LogP contribution in [0, 0.1) is 17.8 Å². The smallest absolute Gasteiger partial charge is 0.316 e. The average molecular weight is 531 g/mol. The highest BCUT2D eigenvalue weighted by Gasteiger charge is 2.55. The second-order valence-electron chi connectivity index (χ2n) is 12.3. The highest BCUT2D eigenvalue weighted by Crippen LogP contribution is 2.44. The quantitative estimate of drug-likeness (QED) is 0.312. The third-order valence-corrected chi connectivity index (χ3v) is 9.08. The number of allylic oxidation sites excluding steroid dienone is 4. The maximum atomic E-state index is 13.7. The molecule has 4 aliphatic rings. The van der Waals surface area contributed by atoms with E-state index in [0.29, 0.717) is 36.3 Å². The average Bonchev–Trinajstić information content (AvgIpc) is 2.85. The van der Waals surface area contributed by atoms with Crippen LogP contribution in [0.2, 0.25) is 0 Å². The van der Waals surface area contributed by atoms with Gasteiger partial charge in [0.15, 0.2) is 5.79 Å². The largest absolute Gasteiger partial charge is 0.462 e. The minimum atomic E-state index is -2.01. The van der Waals surface area contributed by atoms with E-state index in [1.165, 1.54) is 11.6 Å². The van der Waals surface area contributed by atoms with Gasteiger partial charge in [-0.05, 0) is 69.9 Å². The molecule has 3 aliphatic heterocycles. The van der Waals surface area contributed by atoms with Crippen molar-refractivity contribution in [2.75, 3.05) is 0 Å². The fraction of sp³-hybridized carbons (Fsp3) is 0.710. The highest BCUT2D eigenvalue weighted by atomic mass is 16.7. The maximum Gasteiger partial charge on any atom is 0.316 e. The number of aliphatic hydroxyl groups is 3. The van der Waals surface area contributed by atoms with Gasteiger partial charge in [0.2, 0.25) is 0 Å². The molecule has 0 unspecified atom stereocenters. The number of rotatable bonds is 0. The SMILES string of the molecule is CC1=CC[C@@H]2C[C@@H](C[C@]3(CC[C@H](C)[C@@H](C)O3)O2)OC(=O)[C@@H]2C=C(C)[C@@H](O)[C@@H](O)[C@@]2(O)C(C)=CC=C[C@H](C)C1. The Hall–Kier alpha value is -1.77. The molecule has 1 aliphatic carbocycles. The molecule has 0 saturated carbocycles. The zero-order valence-corrected chi connectivity index (χ0v) is 23.7. The summed E-state index contributed by atoms with van der Waals surface area (Å²) in [4.78, 5) is 13.7. The molecular weight excluding hydrogens is 484 g/mol. The first-order chi connectivity index (χ1) is 17.8. The molecule has 3 heterocycles. The molecule has 212 valence electrons. The van der Waals surface area contributed by atoms with Crippen LogP contribution in [0.3, 0.4) is 0 Å². The van der Waals surface area contributed by atoms with E-state index in [1.807, 2.05) is 12.2 Å². The summed E-state index contributed by atoms with van der Waals surface area (Å²) in [5, 5.41) is 33.5. The van der Waals surface area contributed by atoms with E-state index in [4.69, 9.17) is 14.2 Å². The van der Waals surface area contributed by atoms with E-state index >= 15 is 0 Å². The van der Waals surface area contributed by atoms with E-state index in [9.17, 15) is 20.1 Å². The molecule has 2 saturated heterocycles. The van der Waals surface area contributed by atoms with E-state index in [2.05, 4.69) is 33.8 Å². The number of esters is 1. The minimum absolute atomic E-state index is 0.0278. The molecule has 3 N–H and O–H groups in total. The van der Waals surface area contributed by atoms with Crippen molar-refractivity contribution in [2.45, 2.75) is 122 Å². The van der Waals surface area contributed by atoms with Gasteiger partial charge in [-0.3, -0.25) is 4.79 Å². The molecule has 7 heteroatoms. The number of fused-ring (bicyclic) bond motifs is 3. The number of ether oxygens (including phenoxy) is 3. The van der Waals surface area contributed by atoms with Crippen molar-refractivity contribution in [1.29, 1.82) is 0 Å². The summed E-state index contributed by atoms with van der Waals surface area (Å²) in [5.41, 5.74) is 0.0564. The third-order valence-electron chi connectivity index (χ3n) is 9.08. The van der Waals surface area contributed by atoms with Gasteiger partial charge >= 0.3 is 5.97 Å². The van der Waals surface area contributed by atoms with Crippen molar-refractivity contribution in [3.63, 3.8) is 0 Å². The molecule has 0 aromatic rings. The number of carbonyl (C=O) groups excluding carboxylic acids is 1. The van der Waals surface area contributed by atoms with Crippen LogP contribution < -0.4 is 0 Å². The summed E-state index contributed by atoms with van der Waals surface area (Å²) in [6, 6.07) is 0. The monoisotopic (exact) mass is 530 g/mol. The number of carbonyl (C=O) groups is 1. The summed E-state index contributed by atoms with van der Waals surface area (Å²) in [7, 11) is 0. The third kappa shape index (κ3) is 5.87. The summed E-state index contributed by atoms with van der Waals surface area (Å²) >= 11 is 0. The van der Waals surface area contributed by atoms with Crippen LogP contribution in [0.15, 0.2) is 47.1 Å². The van der Waals surface area contributed by atoms with Gasteiger partial charge in [0.1, 0.15) is 29.8 Å². The zero-order valence-electron chi connectivity index (χ0n) is 23.7. The molecule has 10 atom stereocenters. The van der Waals surface area contributed by atoms with Crippen LogP contribution in [-0.4, -0.2) is 63.2 Å². The Morgan fingerprint density at radius 1 is 1.05 bits per heavy atom. The van der Waals surface area contributed by atoms with Gasteiger partial charge in [0, 0.05) is 19.3 Å². The highest BCUT2D eigenvalue weighted by molar-refractivity contribution is 5.78. The Kier molecular flexibility index (Phi) is 8.75. The van der Waals surface area contributed by atoms with Crippen molar-refractivity contribution in [3.05, 3.63) is 47.1 Å². The molecule has 1 spiro atoms. The predicted octanol–water partition coefficient (Wildman–Crippen LogP) is 4.52. The van der Waals surface area contributed by atoms with E-state index in [1.54, 1.807) is 19.9 Å². The molecule has 2 fully saturated rings. The van der Waals surface area contributed by atoms with Crippen LogP contribution >= 0.6 is 0 Å². The fourth-order valence-electron chi connectivity index (χ4n) is 6.43. The molecule has 0 amide bonds. The Bertz CT molecular complexity index is 1010. The zero-order chi connectivity index (χ0) is 27.8. The van der Waals surface area contributed by atoms with E-state index in [0.717, 1.165) is 19.3 Å². The van der Waals surface area contributed by atoms with Gasteiger partial charge in [-0.25, -0.2) is 0 Å². The first kappa shape index (κ1) is 29.2. The van der Waals surface area contributed by atoms with E-state index in [-0.39, 0.29) is 18.1 Å². The summed E-state index contributed by atoms with van der Waals surface area (Å²) in [6.45, 7) is 11.8. The first-order valence-electron chi connectivity index (χ1n) is 14.2. The van der Waals surface area contributed by atoms with Crippen molar-refractivity contribution >= 4 is 5.97 Å². The fourth-order valence-corrected chi connectivity index (χ4v) is 6.43. The van der Waals surface area contributed by atoms with Crippen molar-refractivity contribution in [2.24, 2.45) is 17.8 Å². The van der Waals surface area contributed by atoms with Gasteiger partial charge in [-0.2, -0.15) is 0 Å². The van der Waals surface area contributed by atoms with Crippen molar-refractivity contribution in [3.8, 4) is 0 Å². The van der Waals surface area contributed by atoms with Gasteiger partial charge < -0.3 is 29.5 Å². The Morgan fingerprint density at radius 3 is 2.50 bits per heavy atom. The standard InChI is InChI=1S/C31H46O7/c1-18-8-7-9-22(5)31(35)26(15-21(4)27(32)28(31)33)29(34)36-25-16-24(11-10-19(2)14-18)38-30(17-25)13-12-20(3)23(6)37-30/h7-10,15,18,20,23-28,32-33,35H,11-14,16-17H2,1-6H3/t18-,20-,23+,24+,25-,26-,27+,28+,30-,31+/m0/s1. The van der Waals surface area contributed by atoms with Gasteiger partial charge in [0.05, 0.1) is 12.2 Å². The number of aliphatic hydroxyl groups excluding tert-OH is 2. The maximum absolute atomic E-state index is 13.7. The van der Waals surface area contributed by atoms with Crippen molar-refractivity contribution in [1.82, 2.24) is 0 Å². The van der Waals surface area contributed by atoms with E-state index < -0.39 is 41.6 Å². The van der Waals surface area contributed by atoms with Crippen LogP contribution in [0.25, 0.3) is 0 Å². The molecule has 4 rings (SSSR count). The van der Waals surface area contributed by atoms with Crippen LogP contribution in [0.1, 0.15) is 80.1 Å². The molecule has 2 bridgehead atoms. The second kappa shape index (κ2) is 11.4. The topological polar surface area (TPSA) is 105 Å². The number of hydrogen-bond donors (Lipinski definition) is 3. The van der Waals surface area contributed by atoms with Crippen LogP contribution in [0.4, 0.5) is 0 Å². The van der Waals surface area contributed by atoms with Crippen molar-refractivity contribution < 1.29 is 34.3 Å². The molecule has 0 aromatic heterocycles. The lowest BCUT2D eigenvalue weighted by atomic mass is 9.69. The summed E-state index contributed by atoms with van der Waals surface area (Å²) in [6.07, 6.45) is 10.1. The molecule has 7 nitrogen and oxygen atoms in total. The Labute approximate surface area is 227 Å². The molecule has 38 heavy (non-hydrogen) atoms. The van der Waals surface area contributed by atoms with Crippen LogP contribution in [-0.2, 0) is 19.0 Å². The predicted molar refractivity (Wildman–Crippen MR) is 145 cm³/mol. The Morgan fingerprint density at radius 2 is 1.79 bits per heavy atom. The second-order valence-corrected chi connectivity index (χ2v) is 12.3. The normalized spacial score (nSPS) is 45.0. The van der Waals surface area contributed by atoms with Crippen LogP contribution in [0.5, 0.6) is 0 Å². The molecule has 0 aromatic carbocycles. The molecule has 0 radical (unpaired) electrons. The van der Waals surface area contributed by atoms with Gasteiger partial charge in [-0.15, -0.1) is 0 Å². The lowest BCUT2D eigenvalue weighted by Gasteiger charge is -2.49.